The van der Waals surface area contributed by atoms with Gasteiger partial charge in [-0.15, -0.1) is 0 Å². The van der Waals surface area contributed by atoms with E-state index in [0.717, 1.165) is 43.1 Å². The van der Waals surface area contributed by atoms with Crippen LogP contribution in [-0.2, 0) is 0 Å². The van der Waals surface area contributed by atoms with Crippen molar-refractivity contribution in [1.82, 2.24) is 0 Å². The van der Waals surface area contributed by atoms with E-state index in [2.05, 4.69) is 17.0 Å². The highest BCUT2D eigenvalue weighted by molar-refractivity contribution is 5.57. The standard InChI is InChI=1S/C18H26N2O3/c19-14-7-12(8-16(21)13-1-2-13)10-20(11-14)15-3-4-17-18(9-15)23-6-5-22-17/h3-4,9,12-14,16,21H,1-2,5-8,10-11,19H2. The third-order valence-electron chi connectivity index (χ3n) is 5.20. The molecule has 1 aromatic carbocycles. The molecule has 3 unspecified atom stereocenters. The molecule has 0 bridgehead atoms. The Hall–Kier alpha value is -1.46. The first-order valence-corrected chi connectivity index (χ1v) is 8.77. The Kier molecular flexibility index (Phi) is 4.07. The molecule has 126 valence electrons. The summed E-state index contributed by atoms with van der Waals surface area (Å²) in [6, 6.07) is 6.28. The van der Waals surface area contributed by atoms with Gasteiger partial charge in [0.15, 0.2) is 11.5 Å². The molecule has 0 radical (unpaired) electrons. The lowest BCUT2D eigenvalue weighted by atomic mass is 9.88. The fourth-order valence-corrected chi connectivity index (χ4v) is 3.87. The maximum absolute atomic E-state index is 10.2. The summed E-state index contributed by atoms with van der Waals surface area (Å²) in [7, 11) is 0. The average Bonchev–Trinajstić information content (AvgIpc) is 3.39. The molecule has 3 aliphatic rings. The molecule has 0 amide bonds. The van der Waals surface area contributed by atoms with Gasteiger partial charge in [0, 0.05) is 30.9 Å². The van der Waals surface area contributed by atoms with Crippen LogP contribution in [0.4, 0.5) is 5.69 Å². The summed E-state index contributed by atoms with van der Waals surface area (Å²) in [5.74, 6) is 2.64. The molecule has 23 heavy (non-hydrogen) atoms. The van der Waals surface area contributed by atoms with Gasteiger partial charge in [0.05, 0.1) is 6.10 Å². The molecule has 1 saturated carbocycles. The highest BCUT2D eigenvalue weighted by Gasteiger charge is 2.34. The van der Waals surface area contributed by atoms with Crippen LogP contribution in [0.15, 0.2) is 18.2 Å². The van der Waals surface area contributed by atoms with Crippen LogP contribution in [0.5, 0.6) is 11.5 Å². The van der Waals surface area contributed by atoms with Gasteiger partial charge in [-0.2, -0.15) is 0 Å². The highest BCUT2D eigenvalue weighted by Crippen LogP contribution is 2.38. The van der Waals surface area contributed by atoms with Gasteiger partial charge < -0.3 is 25.2 Å². The minimum absolute atomic E-state index is 0.146. The fourth-order valence-electron chi connectivity index (χ4n) is 3.87. The number of ether oxygens (including phenoxy) is 2. The minimum Gasteiger partial charge on any atom is -0.486 e. The van der Waals surface area contributed by atoms with Gasteiger partial charge in [-0.05, 0) is 49.7 Å². The molecule has 0 aromatic heterocycles. The van der Waals surface area contributed by atoms with Crippen LogP contribution in [0.1, 0.15) is 25.7 Å². The van der Waals surface area contributed by atoms with E-state index >= 15 is 0 Å². The number of hydrogen-bond acceptors (Lipinski definition) is 5. The molecule has 2 heterocycles. The van der Waals surface area contributed by atoms with Gasteiger partial charge in [-0.25, -0.2) is 0 Å². The number of aliphatic hydroxyl groups is 1. The van der Waals surface area contributed by atoms with Crippen molar-refractivity contribution in [2.45, 2.75) is 37.8 Å². The lowest BCUT2D eigenvalue weighted by Gasteiger charge is -2.39. The molecule has 1 aliphatic carbocycles. The summed E-state index contributed by atoms with van der Waals surface area (Å²) in [4.78, 5) is 2.33. The molecule has 0 spiro atoms. The van der Waals surface area contributed by atoms with E-state index in [9.17, 15) is 5.11 Å². The number of nitrogens with two attached hydrogens (primary N) is 1. The molecule has 1 saturated heterocycles. The van der Waals surface area contributed by atoms with Crippen molar-refractivity contribution in [3.63, 3.8) is 0 Å². The first-order chi connectivity index (χ1) is 11.2. The Morgan fingerprint density at radius 1 is 1.17 bits per heavy atom. The first kappa shape index (κ1) is 15.1. The Balaban J connectivity index is 1.46. The number of anilines is 1. The van der Waals surface area contributed by atoms with Crippen LogP contribution in [0.3, 0.4) is 0 Å². The van der Waals surface area contributed by atoms with Crippen LogP contribution < -0.4 is 20.1 Å². The number of benzene rings is 1. The molecule has 3 N–H and O–H groups in total. The van der Waals surface area contributed by atoms with Crippen molar-refractivity contribution < 1.29 is 14.6 Å². The second-order valence-corrected chi connectivity index (χ2v) is 7.24. The largest absolute Gasteiger partial charge is 0.486 e. The summed E-state index contributed by atoms with van der Waals surface area (Å²) >= 11 is 0. The molecular formula is C18H26N2O3. The van der Waals surface area contributed by atoms with E-state index in [1.807, 2.05) is 6.07 Å². The maximum atomic E-state index is 10.2. The monoisotopic (exact) mass is 318 g/mol. The molecule has 3 atom stereocenters. The van der Waals surface area contributed by atoms with Crippen molar-refractivity contribution >= 4 is 5.69 Å². The number of piperidine rings is 1. The normalized spacial score (nSPS) is 28.5. The molecule has 5 heteroatoms. The Morgan fingerprint density at radius 2 is 1.96 bits per heavy atom. The van der Waals surface area contributed by atoms with Gasteiger partial charge in [-0.1, -0.05) is 0 Å². The van der Waals surface area contributed by atoms with Crippen molar-refractivity contribution in [3.8, 4) is 11.5 Å². The van der Waals surface area contributed by atoms with Crippen molar-refractivity contribution in [3.05, 3.63) is 18.2 Å². The minimum atomic E-state index is -0.146. The maximum Gasteiger partial charge on any atom is 0.163 e. The topological polar surface area (TPSA) is 68.0 Å². The second-order valence-electron chi connectivity index (χ2n) is 7.24. The quantitative estimate of drug-likeness (QED) is 0.885. The van der Waals surface area contributed by atoms with E-state index in [0.29, 0.717) is 25.0 Å². The molecule has 2 fully saturated rings. The predicted octanol–water partition coefficient (Wildman–Crippen LogP) is 1.77. The zero-order valence-corrected chi connectivity index (χ0v) is 13.5. The van der Waals surface area contributed by atoms with Crippen LogP contribution in [-0.4, -0.2) is 43.6 Å². The highest BCUT2D eigenvalue weighted by atomic mass is 16.6. The number of fused-ring (bicyclic) bond motifs is 1. The predicted molar refractivity (Wildman–Crippen MR) is 89.1 cm³/mol. The second kappa shape index (κ2) is 6.21. The number of aliphatic hydroxyl groups excluding tert-OH is 1. The third-order valence-corrected chi connectivity index (χ3v) is 5.20. The molecule has 4 rings (SSSR count). The molecule has 1 aromatic rings. The summed E-state index contributed by atoms with van der Waals surface area (Å²) < 4.78 is 11.3. The van der Waals surface area contributed by atoms with E-state index in [1.165, 1.54) is 12.8 Å². The number of nitrogens with zero attached hydrogens (tertiary/aromatic N) is 1. The Bertz CT molecular complexity index is 561. The van der Waals surface area contributed by atoms with Crippen molar-refractivity contribution in [2.24, 2.45) is 17.6 Å². The van der Waals surface area contributed by atoms with E-state index < -0.39 is 0 Å². The van der Waals surface area contributed by atoms with Crippen molar-refractivity contribution in [1.29, 1.82) is 0 Å². The smallest absolute Gasteiger partial charge is 0.163 e. The van der Waals surface area contributed by atoms with Crippen LogP contribution in [0.2, 0.25) is 0 Å². The summed E-state index contributed by atoms with van der Waals surface area (Å²) in [6.45, 7) is 3.03. The van der Waals surface area contributed by atoms with Gasteiger partial charge >= 0.3 is 0 Å². The van der Waals surface area contributed by atoms with E-state index in [-0.39, 0.29) is 12.1 Å². The van der Waals surface area contributed by atoms with Crippen LogP contribution in [0, 0.1) is 11.8 Å². The number of rotatable bonds is 4. The van der Waals surface area contributed by atoms with Gasteiger partial charge in [0.2, 0.25) is 0 Å². The SMILES string of the molecule is NC1CC(CC(O)C2CC2)CN(c2ccc3c(c2)OCCO3)C1. The zero-order valence-electron chi connectivity index (χ0n) is 13.5. The zero-order chi connectivity index (χ0) is 15.8. The average molecular weight is 318 g/mol. The van der Waals surface area contributed by atoms with Crippen LogP contribution in [0.25, 0.3) is 0 Å². The van der Waals surface area contributed by atoms with Crippen LogP contribution >= 0.6 is 0 Å². The third kappa shape index (κ3) is 3.40. The van der Waals surface area contributed by atoms with E-state index in [1.54, 1.807) is 0 Å². The van der Waals surface area contributed by atoms with Crippen molar-refractivity contribution in [2.75, 3.05) is 31.2 Å². The van der Waals surface area contributed by atoms with E-state index in [4.69, 9.17) is 15.2 Å². The Labute approximate surface area is 137 Å². The first-order valence-electron chi connectivity index (χ1n) is 8.77. The molecule has 5 nitrogen and oxygen atoms in total. The Morgan fingerprint density at radius 3 is 2.74 bits per heavy atom. The molecule has 2 aliphatic heterocycles. The van der Waals surface area contributed by atoms with Gasteiger partial charge in [0.25, 0.3) is 0 Å². The number of hydrogen-bond donors (Lipinski definition) is 2. The molecular weight excluding hydrogens is 292 g/mol. The fraction of sp³-hybridized carbons (Fsp3) is 0.667. The summed E-state index contributed by atoms with van der Waals surface area (Å²) in [5.41, 5.74) is 7.41. The summed E-state index contributed by atoms with van der Waals surface area (Å²) in [5, 5.41) is 10.2. The lowest BCUT2D eigenvalue weighted by molar-refractivity contribution is 0.114. The lowest BCUT2D eigenvalue weighted by Crippen LogP contribution is -2.48. The van der Waals surface area contributed by atoms with Gasteiger partial charge in [0.1, 0.15) is 13.2 Å². The van der Waals surface area contributed by atoms with Gasteiger partial charge in [-0.3, -0.25) is 0 Å². The summed E-state index contributed by atoms with van der Waals surface area (Å²) in [6.07, 6.45) is 4.11.